The summed E-state index contributed by atoms with van der Waals surface area (Å²) in [6.45, 7) is 0. The van der Waals surface area contributed by atoms with Gasteiger partial charge in [-0.2, -0.15) is 0 Å². The van der Waals surface area contributed by atoms with Crippen molar-refractivity contribution in [3.05, 3.63) is 30.4 Å². The van der Waals surface area contributed by atoms with E-state index in [1.165, 1.54) is 6.20 Å². The van der Waals surface area contributed by atoms with Crippen molar-refractivity contribution in [2.75, 3.05) is 0 Å². The quantitative estimate of drug-likeness (QED) is 0.771. The Morgan fingerprint density at radius 2 is 2.33 bits per heavy atom. The number of carbonyl (C=O) groups is 1. The van der Waals surface area contributed by atoms with Gasteiger partial charge in [0.05, 0.1) is 17.9 Å². The number of hydrogen-bond acceptors (Lipinski definition) is 4. The minimum atomic E-state index is -0.333. The number of rotatable bonds is 3. The number of aromatic nitrogens is 3. The Balaban J connectivity index is 2.38. The number of amides is 1. The van der Waals surface area contributed by atoms with Crippen LogP contribution in [0.2, 0.25) is 0 Å². The molecule has 0 atom stereocenters. The summed E-state index contributed by atoms with van der Waals surface area (Å²) in [5, 5.41) is 0. The van der Waals surface area contributed by atoms with E-state index in [0.717, 1.165) is 11.1 Å². The smallest absolute Gasteiger partial charge is 0.217 e. The zero-order chi connectivity index (χ0) is 10.7. The predicted molar refractivity (Wildman–Crippen MR) is 53.7 cm³/mol. The molecule has 2 aromatic heterocycles. The van der Waals surface area contributed by atoms with Gasteiger partial charge in [-0.05, 0) is 12.0 Å². The predicted octanol–water partition coefficient (Wildman–Crippen LogP) is 0.243. The SMILES string of the molecule is NC(=O)CCc1cncc2nc[c]nc12. The summed E-state index contributed by atoms with van der Waals surface area (Å²) in [6.07, 6.45) is 8.27. The second-order valence-electron chi connectivity index (χ2n) is 3.13. The molecule has 2 aromatic rings. The molecule has 0 aromatic carbocycles. The number of nitrogens with two attached hydrogens (primary N) is 1. The first kappa shape index (κ1) is 9.51. The maximum Gasteiger partial charge on any atom is 0.217 e. The minimum absolute atomic E-state index is 0.289. The number of hydrogen-bond donors (Lipinski definition) is 1. The van der Waals surface area contributed by atoms with Crippen molar-refractivity contribution in [2.45, 2.75) is 12.8 Å². The van der Waals surface area contributed by atoms with E-state index < -0.39 is 0 Å². The molecule has 0 bridgehead atoms. The second kappa shape index (κ2) is 4.00. The highest BCUT2D eigenvalue weighted by Crippen LogP contribution is 2.13. The third-order valence-corrected chi connectivity index (χ3v) is 2.05. The normalized spacial score (nSPS) is 10.4. The molecule has 0 unspecified atom stereocenters. The van der Waals surface area contributed by atoms with E-state index in [4.69, 9.17) is 5.73 Å². The number of pyridine rings is 1. The summed E-state index contributed by atoms with van der Waals surface area (Å²) in [5.41, 5.74) is 7.39. The first-order chi connectivity index (χ1) is 7.27. The Bertz CT molecular complexity index is 492. The Kier molecular flexibility index (Phi) is 2.53. The standard InChI is InChI=1S/C10H9N4O/c11-9(15)2-1-7-5-12-6-8-10(7)14-4-3-13-8/h3,5-6H,1-2H2,(H2,11,15). The van der Waals surface area contributed by atoms with Crippen molar-refractivity contribution in [1.29, 1.82) is 0 Å². The molecule has 5 nitrogen and oxygen atoms in total. The van der Waals surface area contributed by atoms with Gasteiger partial charge in [0.25, 0.3) is 0 Å². The molecule has 2 heterocycles. The van der Waals surface area contributed by atoms with Gasteiger partial charge in [-0.25, -0.2) is 4.98 Å². The van der Waals surface area contributed by atoms with Gasteiger partial charge in [-0.3, -0.25) is 14.8 Å². The highest BCUT2D eigenvalue weighted by molar-refractivity contribution is 5.78. The van der Waals surface area contributed by atoms with Crippen LogP contribution >= 0.6 is 0 Å². The Morgan fingerprint density at radius 3 is 3.13 bits per heavy atom. The molecule has 1 radical (unpaired) electrons. The largest absolute Gasteiger partial charge is 0.370 e. The second-order valence-corrected chi connectivity index (χ2v) is 3.13. The Morgan fingerprint density at radius 1 is 1.47 bits per heavy atom. The molecular weight excluding hydrogens is 192 g/mol. The maximum atomic E-state index is 10.7. The first-order valence-corrected chi connectivity index (χ1v) is 4.51. The third-order valence-electron chi connectivity index (χ3n) is 2.05. The lowest BCUT2D eigenvalue weighted by Crippen LogP contribution is -2.11. The molecule has 5 heteroatoms. The van der Waals surface area contributed by atoms with E-state index in [9.17, 15) is 4.79 Å². The van der Waals surface area contributed by atoms with Gasteiger partial charge < -0.3 is 5.73 Å². The van der Waals surface area contributed by atoms with E-state index in [-0.39, 0.29) is 12.3 Å². The summed E-state index contributed by atoms with van der Waals surface area (Å²) in [7, 11) is 0. The molecule has 75 valence electrons. The number of carbonyl (C=O) groups excluding carboxylic acids is 1. The third kappa shape index (κ3) is 2.07. The van der Waals surface area contributed by atoms with Crippen molar-refractivity contribution >= 4 is 16.9 Å². The topological polar surface area (TPSA) is 81.8 Å². The van der Waals surface area contributed by atoms with E-state index in [0.29, 0.717) is 11.9 Å². The van der Waals surface area contributed by atoms with Gasteiger partial charge in [0, 0.05) is 12.6 Å². The fourth-order valence-electron chi connectivity index (χ4n) is 1.34. The highest BCUT2D eigenvalue weighted by Gasteiger charge is 2.04. The van der Waals surface area contributed by atoms with Gasteiger partial charge in [-0.15, -0.1) is 0 Å². The van der Waals surface area contributed by atoms with Gasteiger partial charge in [0.2, 0.25) is 5.91 Å². The van der Waals surface area contributed by atoms with Crippen LogP contribution in [0.25, 0.3) is 11.0 Å². The van der Waals surface area contributed by atoms with Crippen molar-refractivity contribution in [3.8, 4) is 0 Å². The molecular formula is C10H9N4O. The zero-order valence-electron chi connectivity index (χ0n) is 7.97. The first-order valence-electron chi connectivity index (χ1n) is 4.51. The van der Waals surface area contributed by atoms with Gasteiger partial charge >= 0.3 is 0 Å². The van der Waals surface area contributed by atoms with E-state index >= 15 is 0 Å². The molecule has 0 aliphatic carbocycles. The van der Waals surface area contributed by atoms with Gasteiger partial charge in [0.1, 0.15) is 11.7 Å². The number of primary amides is 1. The monoisotopic (exact) mass is 201 g/mol. The van der Waals surface area contributed by atoms with Gasteiger partial charge in [-0.1, -0.05) is 0 Å². The molecule has 2 rings (SSSR count). The lowest BCUT2D eigenvalue weighted by molar-refractivity contribution is -0.117. The summed E-state index contributed by atoms with van der Waals surface area (Å²) >= 11 is 0. The van der Waals surface area contributed by atoms with Crippen LogP contribution in [0.3, 0.4) is 0 Å². The van der Waals surface area contributed by atoms with Crippen LogP contribution in [-0.4, -0.2) is 20.9 Å². The highest BCUT2D eigenvalue weighted by atomic mass is 16.1. The van der Waals surface area contributed by atoms with Crippen LogP contribution in [0.15, 0.2) is 18.6 Å². The van der Waals surface area contributed by atoms with Crippen molar-refractivity contribution in [2.24, 2.45) is 5.73 Å². The molecule has 15 heavy (non-hydrogen) atoms. The molecule has 0 saturated heterocycles. The molecule has 0 aliphatic rings. The van der Waals surface area contributed by atoms with Crippen LogP contribution in [0.4, 0.5) is 0 Å². The summed E-state index contributed by atoms with van der Waals surface area (Å²) in [4.78, 5) is 22.8. The Hall–Kier alpha value is -2.04. The number of fused-ring (bicyclic) bond motifs is 1. The van der Waals surface area contributed by atoms with E-state index in [1.807, 2.05) is 0 Å². The lowest BCUT2D eigenvalue weighted by Gasteiger charge is -2.01. The fourth-order valence-corrected chi connectivity index (χ4v) is 1.34. The molecule has 1 amide bonds. The Labute approximate surface area is 86.4 Å². The van der Waals surface area contributed by atoms with Crippen molar-refractivity contribution in [3.63, 3.8) is 0 Å². The van der Waals surface area contributed by atoms with Crippen LogP contribution in [0.5, 0.6) is 0 Å². The molecule has 2 N–H and O–H groups in total. The summed E-state index contributed by atoms with van der Waals surface area (Å²) in [6, 6.07) is 0. The fraction of sp³-hybridized carbons (Fsp3) is 0.200. The van der Waals surface area contributed by atoms with Crippen LogP contribution in [0.1, 0.15) is 12.0 Å². The molecule has 0 fully saturated rings. The molecule has 0 spiro atoms. The van der Waals surface area contributed by atoms with Crippen molar-refractivity contribution in [1.82, 2.24) is 15.0 Å². The average molecular weight is 201 g/mol. The lowest BCUT2D eigenvalue weighted by atomic mass is 10.1. The van der Waals surface area contributed by atoms with Crippen molar-refractivity contribution < 1.29 is 4.79 Å². The van der Waals surface area contributed by atoms with Crippen LogP contribution < -0.4 is 5.73 Å². The average Bonchev–Trinajstić information content (AvgIpc) is 2.26. The molecule has 0 saturated carbocycles. The summed E-state index contributed by atoms with van der Waals surface area (Å²) < 4.78 is 0. The van der Waals surface area contributed by atoms with E-state index in [1.54, 1.807) is 12.4 Å². The van der Waals surface area contributed by atoms with Crippen LogP contribution in [0, 0.1) is 6.20 Å². The maximum absolute atomic E-state index is 10.7. The number of nitrogens with zero attached hydrogens (tertiary/aromatic N) is 3. The van der Waals surface area contributed by atoms with Gasteiger partial charge in [0.15, 0.2) is 0 Å². The minimum Gasteiger partial charge on any atom is -0.370 e. The number of aryl methyl sites for hydroxylation is 1. The summed E-state index contributed by atoms with van der Waals surface area (Å²) in [5.74, 6) is -0.333. The van der Waals surface area contributed by atoms with Crippen LogP contribution in [-0.2, 0) is 11.2 Å². The zero-order valence-corrected chi connectivity index (χ0v) is 7.97. The molecule has 0 aliphatic heterocycles. The van der Waals surface area contributed by atoms with E-state index in [2.05, 4.69) is 21.1 Å².